The molecule has 2 heterocycles. The third-order valence-corrected chi connectivity index (χ3v) is 6.20. The maximum Gasteiger partial charge on any atom is 0.276 e. The Balaban J connectivity index is 1.51. The summed E-state index contributed by atoms with van der Waals surface area (Å²) in [6.07, 6.45) is 33.0. The monoisotopic (exact) mass is 520 g/mol. The molecule has 0 aromatic carbocycles. The molecule has 7 heteroatoms. The molecule has 1 N–H and O–H groups in total. The highest BCUT2D eigenvalue weighted by Gasteiger charge is 2.24. The number of hydrogen-bond donors (Lipinski definition) is 1. The fourth-order valence-corrected chi connectivity index (χ4v) is 4.13. The van der Waals surface area contributed by atoms with E-state index in [1.807, 2.05) is 4.90 Å². The van der Waals surface area contributed by atoms with Gasteiger partial charge in [0.15, 0.2) is 5.69 Å². The van der Waals surface area contributed by atoms with Crippen molar-refractivity contribution in [3.8, 4) is 0 Å². The van der Waals surface area contributed by atoms with E-state index >= 15 is 0 Å². The van der Waals surface area contributed by atoms with Crippen LogP contribution >= 0.6 is 0 Å². The maximum atomic E-state index is 12.5. The number of allylic oxidation sites excluding steroid dienone is 10. The molecule has 1 saturated heterocycles. The number of likely N-dealkylation sites (tertiary alicyclic amines) is 1. The van der Waals surface area contributed by atoms with Crippen molar-refractivity contribution >= 4 is 11.8 Å². The van der Waals surface area contributed by atoms with Gasteiger partial charge in [0.25, 0.3) is 5.91 Å². The number of aromatic nitrogens is 2. The molecule has 0 atom stereocenters. The fourth-order valence-electron chi connectivity index (χ4n) is 4.13. The van der Waals surface area contributed by atoms with Gasteiger partial charge < -0.3 is 15.4 Å². The molecule has 206 valence electrons. The summed E-state index contributed by atoms with van der Waals surface area (Å²) >= 11 is 0. The topological polar surface area (TPSA) is 89.2 Å². The van der Waals surface area contributed by atoms with Crippen molar-refractivity contribution in [1.29, 1.82) is 0 Å². The lowest BCUT2D eigenvalue weighted by Crippen LogP contribution is -2.47. The van der Waals surface area contributed by atoms with Gasteiger partial charge in [-0.05, 0) is 64.7 Å². The molecule has 7 nitrogen and oxygen atoms in total. The van der Waals surface area contributed by atoms with Crippen LogP contribution in [0.5, 0.6) is 0 Å². The first-order valence-corrected chi connectivity index (χ1v) is 13.9. The van der Waals surface area contributed by atoms with Crippen LogP contribution in [-0.4, -0.2) is 40.8 Å². The molecule has 1 aromatic heterocycles. The standard InChI is InChI=1S/C31H44N4O3/c1-3-4-5-6-7-8-9-10-11-12-13-14-15-16-17-18-19-20-30(36)34-23-21-28(22-24-34)33-31(37)29-26-35(38)25-27(2)32-29/h4-5,7-8,10-11,13-14,16-17,25-26,28H,3,6,9,12,15,18-24H2,1-2H3,(H,33,37). The molecule has 38 heavy (non-hydrogen) atoms. The van der Waals surface area contributed by atoms with Gasteiger partial charge in [-0.1, -0.05) is 67.7 Å². The van der Waals surface area contributed by atoms with E-state index in [1.165, 1.54) is 12.4 Å². The number of aryl methyl sites for hydroxylation is 1. The van der Waals surface area contributed by atoms with Gasteiger partial charge in [-0.2, -0.15) is 4.73 Å². The number of hydrogen-bond acceptors (Lipinski definition) is 4. The van der Waals surface area contributed by atoms with E-state index in [-0.39, 0.29) is 23.6 Å². The zero-order chi connectivity index (χ0) is 27.4. The minimum atomic E-state index is -0.347. The lowest BCUT2D eigenvalue weighted by Gasteiger charge is -2.32. The van der Waals surface area contributed by atoms with Crippen LogP contribution in [-0.2, 0) is 4.79 Å². The summed E-state index contributed by atoms with van der Waals surface area (Å²) in [6, 6.07) is -0.0183. The number of amides is 2. The third kappa shape index (κ3) is 13.2. The molecule has 0 aliphatic carbocycles. The van der Waals surface area contributed by atoms with Gasteiger partial charge in [0.1, 0.15) is 5.69 Å². The van der Waals surface area contributed by atoms with Crippen LogP contribution in [0.2, 0.25) is 0 Å². The van der Waals surface area contributed by atoms with Crippen LogP contribution in [0.25, 0.3) is 0 Å². The van der Waals surface area contributed by atoms with Crippen molar-refractivity contribution in [2.45, 2.75) is 84.1 Å². The molecule has 0 unspecified atom stereocenters. The van der Waals surface area contributed by atoms with Crippen molar-refractivity contribution < 1.29 is 14.3 Å². The average molecular weight is 521 g/mol. The number of unbranched alkanes of at least 4 members (excludes halogenated alkanes) is 1. The highest BCUT2D eigenvalue weighted by molar-refractivity contribution is 5.92. The Morgan fingerprint density at radius 3 is 2.05 bits per heavy atom. The molecule has 2 amide bonds. The Morgan fingerprint density at radius 2 is 1.50 bits per heavy atom. The molecule has 0 spiro atoms. The lowest BCUT2D eigenvalue weighted by atomic mass is 10.0. The van der Waals surface area contributed by atoms with Gasteiger partial charge in [-0.15, -0.1) is 0 Å². The van der Waals surface area contributed by atoms with Gasteiger partial charge in [0, 0.05) is 25.6 Å². The van der Waals surface area contributed by atoms with E-state index in [9.17, 15) is 14.8 Å². The molecule has 1 aromatic rings. The maximum absolute atomic E-state index is 12.5. The Morgan fingerprint density at radius 1 is 0.947 bits per heavy atom. The number of nitrogens with zero attached hydrogens (tertiary/aromatic N) is 3. The number of piperidine rings is 1. The second-order valence-corrected chi connectivity index (χ2v) is 9.49. The van der Waals surface area contributed by atoms with E-state index < -0.39 is 0 Å². The number of carbonyl (C=O) groups is 2. The molecule has 1 aliphatic rings. The minimum absolute atomic E-state index is 0.0183. The highest BCUT2D eigenvalue weighted by atomic mass is 16.5. The van der Waals surface area contributed by atoms with E-state index in [2.05, 4.69) is 78.0 Å². The van der Waals surface area contributed by atoms with E-state index in [4.69, 9.17) is 0 Å². The molecule has 0 bridgehead atoms. The van der Waals surface area contributed by atoms with Gasteiger partial charge in [0.2, 0.25) is 18.3 Å². The van der Waals surface area contributed by atoms with E-state index in [0.717, 1.165) is 44.9 Å². The summed E-state index contributed by atoms with van der Waals surface area (Å²) in [5.41, 5.74) is 0.617. The van der Waals surface area contributed by atoms with Crippen LogP contribution in [0.15, 0.2) is 73.2 Å². The second kappa shape index (κ2) is 18.7. The predicted molar refractivity (Wildman–Crippen MR) is 153 cm³/mol. The molecule has 1 aliphatic heterocycles. The summed E-state index contributed by atoms with van der Waals surface area (Å²) in [6.45, 7) is 5.09. The zero-order valence-electron chi connectivity index (χ0n) is 23.1. The predicted octanol–water partition coefficient (Wildman–Crippen LogP) is 5.67. The smallest absolute Gasteiger partial charge is 0.276 e. The van der Waals surface area contributed by atoms with Crippen LogP contribution in [0.3, 0.4) is 0 Å². The summed E-state index contributed by atoms with van der Waals surface area (Å²) in [7, 11) is 0. The Hall–Kier alpha value is -3.48. The number of carbonyl (C=O) groups excluding carboxylic acids is 2. The molecule has 0 radical (unpaired) electrons. The van der Waals surface area contributed by atoms with Crippen molar-refractivity contribution in [2.75, 3.05) is 13.1 Å². The number of nitrogens with one attached hydrogen (secondary N) is 1. The van der Waals surface area contributed by atoms with Crippen molar-refractivity contribution in [2.24, 2.45) is 0 Å². The molecule has 2 rings (SSSR count). The summed E-state index contributed by atoms with van der Waals surface area (Å²) in [5, 5.41) is 14.5. The van der Waals surface area contributed by atoms with Gasteiger partial charge in [-0.3, -0.25) is 9.59 Å². The van der Waals surface area contributed by atoms with Gasteiger partial charge in [0.05, 0.1) is 0 Å². The Kier molecular flexibility index (Phi) is 15.1. The van der Waals surface area contributed by atoms with Crippen LogP contribution in [0.1, 0.15) is 87.3 Å². The Labute approximate surface area is 228 Å². The Bertz CT molecular complexity index is 982. The fraction of sp³-hybridized carbons (Fsp3) is 0.484. The first-order valence-electron chi connectivity index (χ1n) is 13.9. The molecular weight excluding hydrogens is 476 g/mol. The molecule has 1 fully saturated rings. The average Bonchev–Trinajstić information content (AvgIpc) is 2.90. The van der Waals surface area contributed by atoms with Crippen LogP contribution in [0.4, 0.5) is 0 Å². The molecule has 0 saturated carbocycles. The highest BCUT2D eigenvalue weighted by Crippen LogP contribution is 2.13. The number of rotatable bonds is 15. The van der Waals surface area contributed by atoms with Crippen molar-refractivity contribution in [1.82, 2.24) is 15.2 Å². The quantitative estimate of drug-likeness (QED) is 0.140. The van der Waals surface area contributed by atoms with Crippen LogP contribution in [0, 0.1) is 12.1 Å². The lowest BCUT2D eigenvalue weighted by molar-refractivity contribution is -0.606. The first-order chi connectivity index (χ1) is 18.5. The summed E-state index contributed by atoms with van der Waals surface area (Å²) < 4.78 is 0.595. The third-order valence-electron chi connectivity index (χ3n) is 6.20. The summed E-state index contributed by atoms with van der Waals surface area (Å²) in [4.78, 5) is 30.9. The van der Waals surface area contributed by atoms with Crippen molar-refractivity contribution in [3.05, 3.63) is 89.7 Å². The van der Waals surface area contributed by atoms with Crippen LogP contribution < -0.4 is 10.0 Å². The van der Waals surface area contributed by atoms with Gasteiger partial charge >= 0.3 is 0 Å². The minimum Gasteiger partial charge on any atom is -0.619 e. The normalized spacial score (nSPS) is 15.2. The zero-order valence-corrected chi connectivity index (χ0v) is 23.1. The van der Waals surface area contributed by atoms with Gasteiger partial charge in [-0.25, -0.2) is 4.98 Å². The SMILES string of the molecule is CCC=CCC=CCC=CCC=CCC=CCCCC(=O)N1CCC(NC(=O)c2c[n+]([O-])cc(C)n2)CC1. The molecular formula is C31H44N4O3. The van der Waals surface area contributed by atoms with E-state index in [1.54, 1.807) is 6.92 Å². The second-order valence-electron chi connectivity index (χ2n) is 9.49. The first kappa shape index (κ1) is 30.7. The van der Waals surface area contributed by atoms with E-state index in [0.29, 0.717) is 42.8 Å². The summed E-state index contributed by atoms with van der Waals surface area (Å²) in [5.74, 6) is -0.171. The largest absolute Gasteiger partial charge is 0.619 e. The van der Waals surface area contributed by atoms with Crippen molar-refractivity contribution in [3.63, 3.8) is 0 Å².